The van der Waals surface area contributed by atoms with Gasteiger partial charge in [0.25, 0.3) is 0 Å². The van der Waals surface area contributed by atoms with E-state index in [1.807, 2.05) is 20.8 Å². The van der Waals surface area contributed by atoms with Crippen molar-refractivity contribution >= 4 is 5.97 Å². The van der Waals surface area contributed by atoms with E-state index in [9.17, 15) is 9.90 Å². The zero-order valence-electron chi connectivity index (χ0n) is 22.7. The van der Waals surface area contributed by atoms with Crippen LogP contribution in [0.15, 0.2) is 24.3 Å². The molecular formula is C31H43NO3. The van der Waals surface area contributed by atoms with E-state index in [1.54, 1.807) is 0 Å². The Labute approximate surface area is 211 Å². The molecule has 2 aromatic carbocycles. The van der Waals surface area contributed by atoms with Gasteiger partial charge in [-0.2, -0.15) is 0 Å². The van der Waals surface area contributed by atoms with Crippen molar-refractivity contribution in [2.24, 2.45) is 5.92 Å². The molecule has 4 heteroatoms. The zero-order valence-corrected chi connectivity index (χ0v) is 22.7. The molecule has 4 nitrogen and oxygen atoms in total. The van der Waals surface area contributed by atoms with Gasteiger partial charge in [0, 0.05) is 24.7 Å². The Kier molecular flexibility index (Phi) is 7.45. The molecule has 35 heavy (non-hydrogen) atoms. The molecule has 1 fully saturated rings. The first-order valence-corrected chi connectivity index (χ1v) is 13.3. The van der Waals surface area contributed by atoms with Crippen molar-refractivity contribution in [1.82, 2.24) is 4.90 Å². The number of benzene rings is 2. The van der Waals surface area contributed by atoms with Gasteiger partial charge in [0.2, 0.25) is 0 Å². The molecule has 0 spiro atoms. The third-order valence-electron chi connectivity index (χ3n) is 8.05. The molecular weight excluding hydrogens is 434 g/mol. The summed E-state index contributed by atoms with van der Waals surface area (Å²) in [6.45, 7) is 16.6. The second-order valence-electron chi connectivity index (χ2n) is 12.0. The van der Waals surface area contributed by atoms with E-state index in [1.165, 1.54) is 47.9 Å². The molecule has 190 valence electrons. The maximum Gasteiger partial charge on any atom is 0.337 e. The Hall–Kier alpha value is -2.17. The molecule has 4 rings (SSSR count). The lowest BCUT2D eigenvalue weighted by molar-refractivity contribution is -0.160. The number of rotatable bonds is 5. The number of aryl methyl sites for hydroxylation is 1. The number of ether oxygens (including phenoxy) is 1. The first kappa shape index (κ1) is 25.9. The summed E-state index contributed by atoms with van der Waals surface area (Å²) in [6.07, 6.45) is 5.22. The van der Waals surface area contributed by atoms with Crippen LogP contribution in [0.25, 0.3) is 11.1 Å². The molecule has 2 aromatic rings. The van der Waals surface area contributed by atoms with Crippen LogP contribution >= 0.6 is 0 Å². The van der Waals surface area contributed by atoms with Gasteiger partial charge in [0.05, 0.1) is 5.60 Å². The minimum atomic E-state index is -1.01. The van der Waals surface area contributed by atoms with E-state index in [0.717, 1.165) is 47.7 Å². The number of fused-ring (bicyclic) bond motifs is 1. The SMILES string of the molecule is Cc1ccc(-c2c(C)c3c(c(C)c2[C@H](OC(C)(C)C)C(=O)O)CCN(C2CCC[C@@H](C)C2)C3)cc1. The van der Waals surface area contributed by atoms with Crippen LogP contribution in [0.2, 0.25) is 0 Å². The highest BCUT2D eigenvalue weighted by Crippen LogP contribution is 2.43. The van der Waals surface area contributed by atoms with Gasteiger partial charge in [-0.05, 0) is 100 Å². The summed E-state index contributed by atoms with van der Waals surface area (Å²) in [5, 5.41) is 10.3. The average Bonchev–Trinajstić information content (AvgIpc) is 2.79. The molecule has 1 unspecified atom stereocenters. The number of carboxylic acids is 1. The third-order valence-corrected chi connectivity index (χ3v) is 8.05. The summed E-state index contributed by atoms with van der Waals surface area (Å²) in [7, 11) is 0. The van der Waals surface area contributed by atoms with Crippen LogP contribution in [0.5, 0.6) is 0 Å². The number of aliphatic carboxylic acids is 1. The molecule has 1 aliphatic carbocycles. The Bertz CT molecular complexity index is 1080. The van der Waals surface area contributed by atoms with Crippen molar-refractivity contribution in [2.45, 2.75) is 105 Å². The van der Waals surface area contributed by atoms with Crippen molar-refractivity contribution in [3.05, 3.63) is 57.6 Å². The maximum atomic E-state index is 12.6. The van der Waals surface area contributed by atoms with E-state index < -0.39 is 17.7 Å². The second-order valence-corrected chi connectivity index (χ2v) is 12.0. The fourth-order valence-corrected chi connectivity index (χ4v) is 6.30. The summed E-state index contributed by atoms with van der Waals surface area (Å²) in [6, 6.07) is 9.15. The highest BCUT2D eigenvalue weighted by molar-refractivity contribution is 5.84. The summed E-state index contributed by atoms with van der Waals surface area (Å²) in [5.41, 5.74) is 8.59. The fourth-order valence-electron chi connectivity index (χ4n) is 6.30. The Morgan fingerprint density at radius 1 is 1.06 bits per heavy atom. The summed E-state index contributed by atoms with van der Waals surface area (Å²) in [4.78, 5) is 15.3. The standard InChI is InChI=1S/C31H43NO3/c1-19-11-13-23(14-12-19)27-22(4)26-18-32(24-10-8-9-20(2)17-24)16-15-25(26)21(3)28(27)29(30(33)34)35-31(5,6)7/h11-14,20,24,29H,8-10,15-18H2,1-7H3,(H,33,34)/t20-,24?,29+/m1/s1. The Morgan fingerprint density at radius 2 is 1.74 bits per heavy atom. The van der Waals surface area contributed by atoms with E-state index in [2.05, 4.69) is 56.9 Å². The molecule has 0 radical (unpaired) electrons. The highest BCUT2D eigenvalue weighted by Gasteiger charge is 2.36. The van der Waals surface area contributed by atoms with Gasteiger partial charge in [0.1, 0.15) is 0 Å². The van der Waals surface area contributed by atoms with Crippen LogP contribution in [0.3, 0.4) is 0 Å². The van der Waals surface area contributed by atoms with Gasteiger partial charge in [-0.25, -0.2) is 4.79 Å². The molecule has 1 N–H and O–H groups in total. The zero-order chi connectivity index (χ0) is 25.5. The van der Waals surface area contributed by atoms with Crippen LogP contribution < -0.4 is 0 Å². The molecule has 3 atom stereocenters. The number of hydrogen-bond donors (Lipinski definition) is 1. The van der Waals surface area contributed by atoms with Crippen molar-refractivity contribution in [3.8, 4) is 11.1 Å². The third kappa shape index (κ3) is 5.49. The van der Waals surface area contributed by atoms with Gasteiger partial charge < -0.3 is 9.84 Å². The monoisotopic (exact) mass is 477 g/mol. The number of nitrogens with zero attached hydrogens (tertiary/aromatic N) is 1. The number of hydrogen-bond acceptors (Lipinski definition) is 3. The maximum absolute atomic E-state index is 12.6. The van der Waals surface area contributed by atoms with Gasteiger partial charge in [0.15, 0.2) is 6.10 Å². The molecule has 1 saturated carbocycles. The van der Waals surface area contributed by atoms with Crippen LogP contribution in [-0.2, 0) is 22.5 Å². The lowest BCUT2D eigenvalue weighted by Crippen LogP contribution is -2.42. The molecule has 2 aliphatic rings. The van der Waals surface area contributed by atoms with Crippen LogP contribution in [0, 0.1) is 26.7 Å². The smallest absolute Gasteiger partial charge is 0.337 e. The second kappa shape index (κ2) is 10.1. The highest BCUT2D eigenvalue weighted by atomic mass is 16.5. The fraction of sp³-hybridized carbons (Fsp3) is 0.581. The number of carboxylic acid groups (broad SMARTS) is 1. The van der Waals surface area contributed by atoms with Crippen molar-refractivity contribution in [3.63, 3.8) is 0 Å². The Morgan fingerprint density at radius 3 is 2.34 bits per heavy atom. The molecule has 0 aromatic heterocycles. The predicted molar refractivity (Wildman–Crippen MR) is 143 cm³/mol. The lowest BCUT2D eigenvalue weighted by Gasteiger charge is -2.41. The Balaban J connectivity index is 1.87. The molecule has 0 bridgehead atoms. The van der Waals surface area contributed by atoms with Gasteiger partial charge in [-0.15, -0.1) is 0 Å². The normalized spacial score (nSPS) is 22.0. The molecule has 0 amide bonds. The number of carbonyl (C=O) groups is 1. The van der Waals surface area contributed by atoms with Crippen molar-refractivity contribution in [1.29, 1.82) is 0 Å². The van der Waals surface area contributed by atoms with Crippen molar-refractivity contribution < 1.29 is 14.6 Å². The first-order valence-electron chi connectivity index (χ1n) is 13.3. The average molecular weight is 478 g/mol. The van der Waals surface area contributed by atoms with Gasteiger partial charge in [-0.1, -0.05) is 49.6 Å². The largest absolute Gasteiger partial charge is 0.479 e. The van der Waals surface area contributed by atoms with E-state index in [0.29, 0.717) is 6.04 Å². The van der Waals surface area contributed by atoms with Gasteiger partial charge in [-0.3, -0.25) is 4.90 Å². The lowest BCUT2D eigenvalue weighted by atomic mass is 9.79. The van der Waals surface area contributed by atoms with E-state index >= 15 is 0 Å². The molecule has 1 heterocycles. The first-order chi connectivity index (χ1) is 16.5. The van der Waals surface area contributed by atoms with E-state index in [-0.39, 0.29) is 0 Å². The van der Waals surface area contributed by atoms with Crippen molar-refractivity contribution in [2.75, 3.05) is 6.54 Å². The van der Waals surface area contributed by atoms with Gasteiger partial charge >= 0.3 is 5.97 Å². The van der Waals surface area contributed by atoms with Crippen LogP contribution in [-0.4, -0.2) is 34.2 Å². The quantitative estimate of drug-likeness (QED) is 0.496. The minimum Gasteiger partial charge on any atom is -0.479 e. The molecule has 1 aliphatic heterocycles. The van der Waals surface area contributed by atoms with E-state index in [4.69, 9.17) is 4.74 Å². The summed E-state index contributed by atoms with van der Waals surface area (Å²) < 4.78 is 6.22. The van der Waals surface area contributed by atoms with Crippen LogP contribution in [0.4, 0.5) is 0 Å². The summed E-state index contributed by atoms with van der Waals surface area (Å²) in [5.74, 6) is -0.126. The predicted octanol–water partition coefficient (Wildman–Crippen LogP) is 7.16. The van der Waals surface area contributed by atoms with Crippen LogP contribution in [0.1, 0.15) is 92.9 Å². The molecule has 0 saturated heterocycles. The minimum absolute atomic E-state index is 0.571. The summed E-state index contributed by atoms with van der Waals surface area (Å²) >= 11 is 0. The topological polar surface area (TPSA) is 49.8 Å².